The van der Waals surface area contributed by atoms with Gasteiger partial charge in [-0.3, -0.25) is 4.98 Å². The van der Waals surface area contributed by atoms with E-state index in [1.807, 2.05) is 6.07 Å². The molecule has 0 atom stereocenters. The summed E-state index contributed by atoms with van der Waals surface area (Å²) in [5, 5.41) is 8.88. The molecule has 0 spiro atoms. The molecule has 0 aliphatic carbocycles. The molecule has 0 radical (unpaired) electrons. The van der Waals surface area contributed by atoms with Crippen molar-refractivity contribution >= 4 is 0 Å². The van der Waals surface area contributed by atoms with E-state index in [1.165, 1.54) is 36.8 Å². The predicted octanol–water partition coefficient (Wildman–Crippen LogP) is 6.75. The Morgan fingerprint density at radius 2 is 1.47 bits per heavy atom. The average molecular weight is 399 g/mol. The number of pyridine rings is 1. The van der Waals surface area contributed by atoms with E-state index in [-0.39, 0.29) is 0 Å². The highest BCUT2D eigenvalue weighted by Gasteiger charge is 2.02. The summed E-state index contributed by atoms with van der Waals surface area (Å²) in [4.78, 5) is 4.36. The van der Waals surface area contributed by atoms with Gasteiger partial charge in [0.1, 0.15) is 11.8 Å². The summed E-state index contributed by atoms with van der Waals surface area (Å²) < 4.78 is 5.85. The zero-order valence-electron chi connectivity index (χ0n) is 17.8. The lowest BCUT2D eigenvalue weighted by Gasteiger charge is -2.08. The fourth-order valence-corrected chi connectivity index (χ4v) is 3.41. The number of nitriles is 1. The lowest BCUT2D eigenvalue weighted by Crippen LogP contribution is -1.98. The SMILES string of the molecule is CCCCCCCOc1ccc(CCc2ccc(-c3ccc(C#N)cn3)cc2)cc1. The minimum atomic E-state index is 0.582. The Hall–Kier alpha value is -3.12. The second-order valence-electron chi connectivity index (χ2n) is 7.65. The lowest BCUT2D eigenvalue weighted by atomic mass is 10.0. The summed E-state index contributed by atoms with van der Waals surface area (Å²) in [7, 11) is 0. The van der Waals surface area contributed by atoms with Gasteiger partial charge in [0.05, 0.1) is 17.9 Å². The van der Waals surface area contributed by atoms with Crippen LogP contribution in [0.5, 0.6) is 5.75 Å². The number of ether oxygens (including phenoxy) is 1. The van der Waals surface area contributed by atoms with Gasteiger partial charge in [-0.25, -0.2) is 0 Å². The number of aryl methyl sites for hydroxylation is 2. The minimum Gasteiger partial charge on any atom is -0.494 e. The second kappa shape index (κ2) is 11.8. The van der Waals surface area contributed by atoms with Crippen LogP contribution in [0.4, 0.5) is 0 Å². The van der Waals surface area contributed by atoms with Crippen LogP contribution in [0.25, 0.3) is 11.3 Å². The summed E-state index contributed by atoms with van der Waals surface area (Å²) >= 11 is 0. The zero-order valence-corrected chi connectivity index (χ0v) is 17.8. The zero-order chi connectivity index (χ0) is 21.0. The molecule has 0 amide bonds. The van der Waals surface area contributed by atoms with E-state index in [9.17, 15) is 0 Å². The molecule has 30 heavy (non-hydrogen) atoms. The van der Waals surface area contributed by atoms with Gasteiger partial charge in [0.25, 0.3) is 0 Å². The van der Waals surface area contributed by atoms with Crippen molar-refractivity contribution in [3.8, 4) is 23.1 Å². The fraction of sp³-hybridized carbons (Fsp3) is 0.333. The third kappa shape index (κ3) is 6.74. The van der Waals surface area contributed by atoms with Crippen LogP contribution in [0, 0.1) is 11.3 Å². The maximum Gasteiger partial charge on any atom is 0.119 e. The first-order valence-corrected chi connectivity index (χ1v) is 11.0. The molecule has 0 bridgehead atoms. The summed E-state index contributed by atoms with van der Waals surface area (Å²) in [6.45, 7) is 3.05. The maximum absolute atomic E-state index is 8.88. The Kier molecular flexibility index (Phi) is 8.47. The molecular formula is C27H30N2O. The molecule has 3 aromatic rings. The van der Waals surface area contributed by atoms with Crippen molar-refractivity contribution in [2.24, 2.45) is 0 Å². The summed E-state index contributed by atoms with van der Waals surface area (Å²) in [5.74, 6) is 0.966. The van der Waals surface area contributed by atoms with Crippen LogP contribution >= 0.6 is 0 Å². The van der Waals surface area contributed by atoms with Crippen molar-refractivity contribution in [3.05, 3.63) is 83.6 Å². The number of benzene rings is 2. The van der Waals surface area contributed by atoms with Crippen molar-refractivity contribution < 1.29 is 4.74 Å². The van der Waals surface area contributed by atoms with Gasteiger partial charge in [-0.2, -0.15) is 5.26 Å². The normalized spacial score (nSPS) is 10.5. The van der Waals surface area contributed by atoms with E-state index in [0.717, 1.165) is 42.9 Å². The van der Waals surface area contributed by atoms with Crippen LogP contribution in [0.1, 0.15) is 55.7 Å². The van der Waals surface area contributed by atoms with Crippen LogP contribution in [0.2, 0.25) is 0 Å². The quantitative estimate of drug-likeness (QED) is 0.335. The molecule has 0 saturated heterocycles. The lowest BCUT2D eigenvalue weighted by molar-refractivity contribution is 0.304. The van der Waals surface area contributed by atoms with Gasteiger partial charge < -0.3 is 4.74 Å². The fourth-order valence-electron chi connectivity index (χ4n) is 3.41. The van der Waals surface area contributed by atoms with Gasteiger partial charge in [0, 0.05) is 11.8 Å². The summed E-state index contributed by atoms with van der Waals surface area (Å²) in [6, 6.07) is 22.8. The Labute approximate surface area is 180 Å². The van der Waals surface area contributed by atoms with Gasteiger partial charge >= 0.3 is 0 Å². The van der Waals surface area contributed by atoms with E-state index < -0.39 is 0 Å². The van der Waals surface area contributed by atoms with E-state index in [0.29, 0.717) is 5.56 Å². The third-order valence-corrected chi connectivity index (χ3v) is 5.28. The van der Waals surface area contributed by atoms with Crippen molar-refractivity contribution in [2.75, 3.05) is 6.61 Å². The Morgan fingerprint density at radius 1 is 0.800 bits per heavy atom. The standard InChI is InChI=1S/C27H30N2O/c1-2-3-4-5-6-19-30-26-16-11-23(12-17-26)8-7-22-9-14-25(15-10-22)27-18-13-24(20-28)21-29-27/h9-18,21H,2-8,19H2,1H3. The number of hydrogen-bond donors (Lipinski definition) is 0. The van der Waals surface area contributed by atoms with E-state index in [2.05, 4.69) is 66.5 Å². The third-order valence-electron chi connectivity index (χ3n) is 5.28. The minimum absolute atomic E-state index is 0.582. The van der Waals surface area contributed by atoms with E-state index in [4.69, 9.17) is 10.00 Å². The largest absolute Gasteiger partial charge is 0.494 e. The van der Waals surface area contributed by atoms with Crippen molar-refractivity contribution in [1.29, 1.82) is 5.26 Å². The summed E-state index contributed by atoms with van der Waals surface area (Å²) in [6.07, 6.45) is 9.92. The van der Waals surface area contributed by atoms with Gasteiger partial charge in [0.15, 0.2) is 0 Å². The molecule has 3 heteroatoms. The predicted molar refractivity (Wildman–Crippen MR) is 122 cm³/mol. The van der Waals surface area contributed by atoms with Crippen LogP contribution in [0.3, 0.4) is 0 Å². The molecule has 0 N–H and O–H groups in total. The molecule has 0 fully saturated rings. The average Bonchev–Trinajstić information content (AvgIpc) is 2.81. The van der Waals surface area contributed by atoms with Crippen LogP contribution < -0.4 is 4.74 Å². The smallest absolute Gasteiger partial charge is 0.119 e. The Bertz CT molecular complexity index is 923. The van der Waals surface area contributed by atoms with Crippen molar-refractivity contribution in [1.82, 2.24) is 4.98 Å². The molecule has 0 saturated carbocycles. The molecule has 2 aromatic carbocycles. The Morgan fingerprint density at radius 3 is 2.07 bits per heavy atom. The van der Waals surface area contributed by atoms with E-state index in [1.54, 1.807) is 12.3 Å². The first-order valence-electron chi connectivity index (χ1n) is 11.0. The highest BCUT2D eigenvalue weighted by Crippen LogP contribution is 2.19. The highest BCUT2D eigenvalue weighted by atomic mass is 16.5. The number of rotatable bonds is 11. The Balaban J connectivity index is 1.44. The molecule has 0 aliphatic rings. The number of aromatic nitrogens is 1. The first kappa shape index (κ1) is 21.6. The van der Waals surface area contributed by atoms with Gasteiger partial charge in [-0.15, -0.1) is 0 Å². The maximum atomic E-state index is 8.88. The molecule has 154 valence electrons. The second-order valence-corrected chi connectivity index (χ2v) is 7.65. The molecule has 3 rings (SSSR count). The number of hydrogen-bond acceptors (Lipinski definition) is 3. The van der Waals surface area contributed by atoms with Gasteiger partial charge in [-0.05, 0) is 54.7 Å². The number of unbranched alkanes of at least 4 members (excludes halogenated alkanes) is 4. The molecular weight excluding hydrogens is 368 g/mol. The summed E-state index contributed by atoms with van der Waals surface area (Å²) in [5.41, 5.74) is 5.17. The van der Waals surface area contributed by atoms with E-state index >= 15 is 0 Å². The first-order chi connectivity index (χ1) is 14.8. The molecule has 0 unspecified atom stereocenters. The molecule has 0 aliphatic heterocycles. The topological polar surface area (TPSA) is 45.9 Å². The van der Waals surface area contributed by atoms with Crippen molar-refractivity contribution in [3.63, 3.8) is 0 Å². The molecule has 3 nitrogen and oxygen atoms in total. The van der Waals surface area contributed by atoms with Crippen molar-refractivity contribution in [2.45, 2.75) is 51.9 Å². The molecule has 1 aromatic heterocycles. The molecule has 1 heterocycles. The van der Waals surface area contributed by atoms with Crippen LogP contribution in [-0.4, -0.2) is 11.6 Å². The monoisotopic (exact) mass is 398 g/mol. The number of nitrogens with zero attached hydrogens (tertiary/aromatic N) is 2. The van der Waals surface area contributed by atoms with Gasteiger partial charge in [0.2, 0.25) is 0 Å². The van der Waals surface area contributed by atoms with Gasteiger partial charge in [-0.1, -0.05) is 69.0 Å². The highest BCUT2D eigenvalue weighted by molar-refractivity contribution is 5.59. The van der Waals surface area contributed by atoms with Crippen LogP contribution in [-0.2, 0) is 12.8 Å². The van der Waals surface area contributed by atoms with Crippen LogP contribution in [0.15, 0.2) is 66.9 Å².